The molecule has 2 atom stereocenters. The Morgan fingerprint density at radius 3 is 2.63 bits per heavy atom. The average molecular weight is 261 g/mol. The second-order valence-corrected chi connectivity index (χ2v) is 5.23. The lowest BCUT2D eigenvalue weighted by atomic mass is 10.2. The topological polar surface area (TPSA) is 58.4 Å². The molecular weight excluding hydrogens is 238 g/mol. The van der Waals surface area contributed by atoms with Gasteiger partial charge in [-0.05, 0) is 43.9 Å². The van der Waals surface area contributed by atoms with Crippen LogP contribution in [0.25, 0.3) is 0 Å². The fourth-order valence-electron chi connectivity index (χ4n) is 2.75. The number of carbonyl (C=O) groups excluding carboxylic acids is 1. The van der Waals surface area contributed by atoms with Crippen molar-refractivity contribution in [2.45, 2.75) is 51.7 Å². The Bertz CT molecular complexity index is 430. The first-order valence-corrected chi connectivity index (χ1v) is 7.04. The van der Waals surface area contributed by atoms with E-state index < -0.39 is 0 Å². The van der Waals surface area contributed by atoms with Crippen molar-refractivity contribution in [1.82, 2.24) is 4.90 Å². The summed E-state index contributed by atoms with van der Waals surface area (Å²) in [5.41, 5.74) is 7.46. The molecule has 0 aromatic heterocycles. The van der Waals surface area contributed by atoms with Gasteiger partial charge in [0.1, 0.15) is 0 Å². The van der Waals surface area contributed by atoms with Gasteiger partial charge in [-0.1, -0.05) is 19.1 Å². The molecule has 3 N–H and O–H groups in total. The first-order chi connectivity index (χ1) is 9.15. The summed E-state index contributed by atoms with van der Waals surface area (Å²) in [6.07, 6.45) is 3.22. The lowest BCUT2D eigenvalue weighted by molar-refractivity contribution is 0.188. The first-order valence-electron chi connectivity index (χ1n) is 7.04. The maximum atomic E-state index is 12.3. The summed E-state index contributed by atoms with van der Waals surface area (Å²) in [6.45, 7) is 4.78. The van der Waals surface area contributed by atoms with Gasteiger partial charge in [0, 0.05) is 24.3 Å². The van der Waals surface area contributed by atoms with Gasteiger partial charge in [-0.25, -0.2) is 4.79 Å². The van der Waals surface area contributed by atoms with E-state index in [9.17, 15) is 4.79 Å². The third kappa shape index (κ3) is 3.07. The summed E-state index contributed by atoms with van der Waals surface area (Å²) in [4.78, 5) is 14.3. The molecule has 1 aromatic carbocycles. The smallest absolute Gasteiger partial charge is 0.322 e. The number of hydrogen-bond donors (Lipinski definition) is 2. The Labute approximate surface area is 115 Å². The number of amides is 2. The summed E-state index contributed by atoms with van der Waals surface area (Å²) in [7, 11) is 0. The van der Waals surface area contributed by atoms with E-state index in [2.05, 4.69) is 19.2 Å². The SMILES string of the molecule is CCC1CCC(C)N1C(=O)Nc1ccc(CN)cc1. The number of nitrogens with one attached hydrogen (secondary N) is 1. The van der Waals surface area contributed by atoms with E-state index in [1.54, 1.807) is 0 Å². The summed E-state index contributed by atoms with van der Waals surface area (Å²) >= 11 is 0. The Hall–Kier alpha value is -1.55. The number of hydrogen-bond acceptors (Lipinski definition) is 2. The number of benzene rings is 1. The fraction of sp³-hybridized carbons (Fsp3) is 0.533. The Morgan fingerprint density at radius 1 is 1.37 bits per heavy atom. The fourth-order valence-corrected chi connectivity index (χ4v) is 2.75. The largest absolute Gasteiger partial charge is 0.326 e. The molecule has 0 saturated carbocycles. The highest BCUT2D eigenvalue weighted by Gasteiger charge is 2.32. The molecule has 2 amide bonds. The van der Waals surface area contributed by atoms with Crippen molar-refractivity contribution in [1.29, 1.82) is 0 Å². The molecule has 2 unspecified atom stereocenters. The molecule has 1 fully saturated rings. The summed E-state index contributed by atoms with van der Waals surface area (Å²) < 4.78 is 0. The zero-order valence-electron chi connectivity index (χ0n) is 11.7. The number of nitrogens with two attached hydrogens (primary N) is 1. The van der Waals surface area contributed by atoms with Crippen molar-refractivity contribution in [3.8, 4) is 0 Å². The third-order valence-corrected chi connectivity index (χ3v) is 3.93. The van der Waals surface area contributed by atoms with E-state index in [0.29, 0.717) is 18.6 Å². The van der Waals surface area contributed by atoms with Crippen LogP contribution in [-0.2, 0) is 6.54 Å². The van der Waals surface area contributed by atoms with E-state index in [1.165, 1.54) is 0 Å². The van der Waals surface area contributed by atoms with Crippen LogP contribution >= 0.6 is 0 Å². The van der Waals surface area contributed by atoms with E-state index >= 15 is 0 Å². The van der Waals surface area contributed by atoms with Crippen molar-refractivity contribution in [2.24, 2.45) is 5.73 Å². The van der Waals surface area contributed by atoms with Crippen LogP contribution in [0.3, 0.4) is 0 Å². The van der Waals surface area contributed by atoms with Gasteiger partial charge in [-0.15, -0.1) is 0 Å². The Kier molecular flexibility index (Phi) is 4.43. The first kappa shape index (κ1) is 13.9. The maximum absolute atomic E-state index is 12.3. The lowest BCUT2D eigenvalue weighted by Crippen LogP contribution is -2.42. The minimum Gasteiger partial charge on any atom is -0.326 e. The number of anilines is 1. The molecule has 0 spiro atoms. The lowest BCUT2D eigenvalue weighted by Gasteiger charge is -2.28. The highest BCUT2D eigenvalue weighted by atomic mass is 16.2. The van der Waals surface area contributed by atoms with Crippen LogP contribution in [0.2, 0.25) is 0 Å². The number of urea groups is 1. The zero-order valence-corrected chi connectivity index (χ0v) is 11.7. The zero-order chi connectivity index (χ0) is 13.8. The van der Waals surface area contributed by atoms with Crippen LogP contribution < -0.4 is 11.1 Å². The van der Waals surface area contributed by atoms with Crippen LogP contribution in [0.1, 0.15) is 38.7 Å². The van der Waals surface area contributed by atoms with Crippen molar-refractivity contribution in [3.05, 3.63) is 29.8 Å². The average Bonchev–Trinajstić information content (AvgIpc) is 2.80. The quantitative estimate of drug-likeness (QED) is 0.879. The van der Waals surface area contributed by atoms with E-state index in [-0.39, 0.29) is 6.03 Å². The molecule has 2 rings (SSSR count). The summed E-state index contributed by atoms with van der Waals surface area (Å²) in [5.74, 6) is 0. The van der Waals surface area contributed by atoms with Gasteiger partial charge in [0.15, 0.2) is 0 Å². The normalized spacial score (nSPS) is 22.6. The Morgan fingerprint density at radius 2 is 2.05 bits per heavy atom. The van der Waals surface area contributed by atoms with Gasteiger partial charge >= 0.3 is 6.03 Å². The molecule has 104 valence electrons. The molecule has 1 aliphatic heterocycles. The van der Waals surface area contributed by atoms with Gasteiger partial charge in [0.05, 0.1) is 0 Å². The second-order valence-electron chi connectivity index (χ2n) is 5.23. The second kappa shape index (κ2) is 6.06. The molecule has 1 heterocycles. The van der Waals surface area contributed by atoms with Gasteiger partial charge in [0.2, 0.25) is 0 Å². The molecular formula is C15H23N3O. The van der Waals surface area contributed by atoms with Crippen LogP contribution in [-0.4, -0.2) is 23.0 Å². The molecule has 4 nitrogen and oxygen atoms in total. The van der Waals surface area contributed by atoms with E-state index in [4.69, 9.17) is 5.73 Å². The standard InChI is InChI=1S/C15H23N3O/c1-3-14-9-4-11(2)18(14)15(19)17-13-7-5-12(10-16)6-8-13/h5-8,11,14H,3-4,9-10,16H2,1-2H3,(H,17,19). The molecule has 0 radical (unpaired) electrons. The number of rotatable bonds is 3. The molecule has 0 bridgehead atoms. The highest BCUT2D eigenvalue weighted by Crippen LogP contribution is 2.26. The van der Waals surface area contributed by atoms with Crippen LogP contribution in [0, 0.1) is 0 Å². The van der Waals surface area contributed by atoms with Crippen molar-refractivity contribution in [2.75, 3.05) is 5.32 Å². The van der Waals surface area contributed by atoms with E-state index in [1.807, 2.05) is 29.2 Å². The molecule has 1 aromatic rings. The van der Waals surface area contributed by atoms with Gasteiger partial charge in [0.25, 0.3) is 0 Å². The number of nitrogens with zero attached hydrogens (tertiary/aromatic N) is 1. The van der Waals surface area contributed by atoms with Crippen LogP contribution in [0.4, 0.5) is 10.5 Å². The van der Waals surface area contributed by atoms with Gasteiger partial charge < -0.3 is 16.0 Å². The third-order valence-electron chi connectivity index (χ3n) is 3.93. The molecule has 4 heteroatoms. The Balaban J connectivity index is 2.03. The monoisotopic (exact) mass is 261 g/mol. The van der Waals surface area contributed by atoms with E-state index in [0.717, 1.165) is 30.5 Å². The number of likely N-dealkylation sites (tertiary alicyclic amines) is 1. The summed E-state index contributed by atoms with van der Waals surface area (Å²) in [5, 5.41) is 2.98. The molecule has 19 heavy (non-hydrogen) atoms. The van der Waals surface area contributed by atoms with Crippen molar-refractivity contribution < 1.29 is 4.79 Å². The molecule has 1 saturated heterocycles. The van der Waals surface area contributed by atoms with Crippen molar-refractivity contribution in [3.63, 3.8) is 0 Å². The van der Waals surface area contributed by atoms with Crippen LogP contribution in [0.15, 0.2) is 24.3 Å². The van der Waals surface area contributed by atoms with Crippen molar-refractivity contribution >= 4 is 11.7 Å². The number of carbonyl (C=O) groups is 1. The molecule has 1 aliphatic rings. The maximum Gasteiger partial charge on any atom is 0.322 e. The van der Waals surface area contributed by atoms with Gasteiger partial charge in [-0.3, -0.25) is 0 Å². The minimum atomic E-state index is 0.0114. The van der Waals surface area contributed by atoms with Crippen LogP contribution in [0.5, 0.6) is 0 Å². The summed E-state index contributed by atoms with van der Waals surface area (Å²) in [6, 6.07) is 8.41. The highest BCUT2D eigenvalue weighted by molar-refractivity contribution is 5.90. The predicted octanol–water partition coefficient (Wildman–Crippen LogP) is 2.94. The predicted molar refractivity (Wildman–Crippen MR) is 78.0 cm³/mol. The minimum absolute atomic E-state index is 0.0114. The molecule has 0 aliphatic carbocycles. The van der Waals surface area contributed by atoms with Gasteiger partial charge in [-0.2, -0.15) is 0 Å².